The van der Waals surface area contributed by atoms with Crippen LogP contribution in [0, 0.1) is 6.92 Å². The summed E-state index contributed by atoms with van der Waals surface area (Å²) in [4.78, 5) is 8.70. The summed E-state index contributed by atoms with van der Waals surface area (Å²) in [5.74, 6) is 0. The molecule has 2 aromatic heterocycles. The van der Waals surface area contributed by atoms with E-state index in [1.807, 2.05) is 6.92 Å². The van der Waals surface area contributed by atoms with Gasteiger partial charge >= 0.3 is 0 Å². The Kier molecular flexibility index (Phi) is 2.73. The lowest BCUT2D eigenvalue weighted by molar-refractivity contribution is 0.779. The van der Waals surface area contributed by atoms with Crippen molar-refractivity contribution in [3.63, 3.8) is 0 Å². The van der Waals surface area contributed by atoms with Crippen molar-refractivity contribution in [1.29, 1.82) is 0 Å². The number of fused-ring (bicyclic) bond motifs is 1. The van der Waals surface area contributed by atoms with E-state index in [4.69, 9.17) is 0 Å². The molecule has 0 amide bonds. The van der Waals surface area contributed by atoms with Crippen molar-refractivity contribution in [3.05, 3.63) is 24.3 Å². The Hall–Kier alpha value is -1.03. The molecule has 0 aliphatic heterocycles. The van der Waals surface area contributed by atoms with Gasteiger partial charge in [0.1, 0.15) is 6.33 Å². The molecule has 3 nitrogen and oxygen atoms in total. The van der Waals surface area contributed by atoms with Gasteiger partial charge in [0.05, 0.1) is 5.69 Å². The molecule has 0 radical (unpaired) electrons. The Labute approximate surface area is 105 Å². The maximum atomic E-state index is 4.45. The van der Waals surface area contributed by atoms with Crippen LogP contribution in [0.5, 0.6) is 0 Å². The van der Waals surface area contributed by atoms with Gasteiger partial charge in [-0.3, -0.25) is 3.97 Å². The van der Waals surface area contributed by atoms with Gasteiger partial charge in [0.25, 0.3) is 0 Å². The van der Waals surface area contributed by atoms with E-state index >= 15 is 0 Å². The van der Waals surface area contributed by atoms with Gasteiger partial charge < -0.3 is 0 Å². The number of aromatic nitrogens is 3. The summed E-state index contributed by atoms with van der Waals surface area (Å²) in [6.07, 6.45) is 8.49. The highest BCUT2D eigenvalue weighted by molar-refractivity contribution is 8.32. The van der Waals surface area contributed by atoms with Gasteiger partial charge in [-0.15, -0.1) is 0 Å². The average Bonchev–Trinajstić information content (AvgIpc) is 2.61. The van der Waals surface area contributed by atoms with Gasteiger partial charge in [0, 0.05) is 16.3 Å². The topological polar surface area (TPSA) is 30.7 Å². The first-order valence-corrected chi connectivity index (χ1v) is 8.18. The zero-order valence-electron chi connectivity index (χ0n) is 11.5. The van der Waals surface area contributed by atoms with E-state index in [2.05, 4.69) is 59.5 Å². The molecule has 17 heavy (non-hydrogen) atoms. The second-order valence-corrected chi connectivity index (χ2v) is 9.89. The molecule has 0 saturated heterocycles. The van der Waals surface area contributed by atoms with E-state index in [1.54, 1.807) is 6.33 Å². The number of hydrogen-bond acceptors (Lipinski definition) is 2. The van der Waals surface area contributed by atoms with Crippen molar-refractivity contribution in [3.8, 4) is 0 Å². The third-order valence-electron chi connectivity index (χ3n) is 3.64. The summed E-state index contributed by atoms with van der Waals surface area (Å²) in [5, 5.41) is 1.16. The highest BCUT2D eigenvalue weighted by atomic mass is 32.3. The van der Waals surface area contributed by atoms with E-state index in [0.717, 1.165) is 16.7 Å². The van der Waals surface area contributed by atoms with Crippen molar-refractivity contribution in [2.45, 2.75) is 32.4 Å². The normalized spacial score (nSPS) is 14.2. The molecule has 0 aliphatic carbocycles. The van der Waals surface area contributed by atoms with Crippen LogP contribution in [0.3, 0.4) is 0 Å². The molecule has 0 aliphatic rings. The molecule has 0 N–H and O–H groups in total. The molecule has 0 fully saturated rings. The summed E-state index contributed by atoms with van der Waals surface area (Å²) in [6.45, 7) is 8.92. The van der Waals surface area contributed by atoms with E-state index in [1.165, 1.54) is 0 Å². The second-order valence-electron chi connectivity index (χ2n) is 5.72. The highest BCUT2D eigenvalue weighted by Crippen LogP contribution is 2.55. The lowest BCUT2D eigenvalue weighted by atomic mass is 10.3. The predicted octanol–water partition coefficient (Wildman–Crippen LogP) is 3.37. The van der Waals surface area contributed by atoms with Crippen LogP contribution in [-0.2, 0) is 0 Å². The van der Waals surface area contributed by atoms with Gasteiger partial charge in [-0.1, -0.05) is 20.8 Å². The van der Waals surface area contributed by atoms with Crippen LogP contribution < -0.4 is 0 Å². The smallest absolute Gasteiger partial charge is 0.152 e. The minimum Gasteiger partial charge on any atom is -0.294 e. The van der Waals surface area contributed by atoms with Crippen molar-refractivity contribution in [2.24, 2.45) is 0 Å². The number of aryl methyl sites for hydroxylation is 1. The van der Waals surface area contributed by atoms with Crippen LogP contribution in [0.1, 0.15) is 26.5 Å². The average molecular weight is 251 g/mol. The maximum absolute atomic E-state index is 4.45. The van der Waals surface area contributed by atoms with Gasteiger partial charge in [-0.25, -0.2) is 9.97 Å². The Morgan fingerprint density at radius 2 is 1.82 bits per heavy atom. The van der Waals surface area contributed by atoms with Crippen LogP contribution in [0.2, 0.25) is 0 Å². The third kappa shape index (κ3) is 1.84. The van der Waals surface area contributed by atoms with Gasteiger partial charge in [0.2, 0.25) is 0 Å². The van der Waals surface area contributed by atoms with Crippen molar-refractivity contribution in [1.82, 2.24) is 13.9 Å². The Bertz CT molecular complexity index is 549. The largest absolute Gasteiger partial charge is 0.294 e. The molecular weight excluding hydrogens is 230 g/mol. The van der Waals surface area contributed by atoms with Crippen molar-refractivity contribution in [2.75, 3.05) is 12.5 Å². The summed E-state index contributed by atoms with van der Waals surface area (Å²) >= 11 is 0. The molecule has 0 aromatic carbocycles. The van der Waals surface area contributed by atoms with E-state index in [9.17, 15) is 0 Å². The number of hydrogen-bond donors (Lipinski definition) is 0. The summed E-state index contributed by atoms with van der Waals surface area (Å²) in [5.41, 5.74) is 2.12. The van der Waals surface area contributed by atoms with Gasteiger partial charge in [-0.05, 0) is 25.5 Å². The number of nitrogens with zero attached hydrogens (tertiary/aromatic N) is 3. The van der Waals surface area contributed by atoms with E-state index < -0.39 is 10.2 Å². The molecule has 2 aromatic rings. The first kappa shape index (κ1) is 12.4. The highest BCUT2D eigenvalue weighted by Gasteiger charge is 2.30. The van der Waals surface area contributed by atoms with E-state index in [-0.39, 0.29) is 4.75 Å². The molecule has 94 valence electrons. The van der Waals surface area contributed by atoms with Crippen LogP contribution >= 0.6 is 10.2 Å². The molecule has 0 saturated carbocycles. The SMILES string of the molecule is Cc1ncnc2c1ccn2S(C)(C)C(C)(C)C. The zero-order valence-corrected chi connectivity index (χ0v) is 12.3. The summed E-state index contributed by atoms with van der Waals surface area (Å²) in [7, 11) is -0.950. The van der Waals surface area contributed by atoms with Crippen LogP contribution in [-0.4, -0.2) is 31.2 Å². The fourth-order valence-electron chi connectivity index (χ4n) is 1.72. The fourth-order valence-corrected chi connectivity index (χ4v) is 3.25. The fraction of sp³-hybridized carbons (Fsp3) is 0.538. The predicted molar refractivity (Wildman–Crippen MR) is 76.9 cm³/mol. The Balaban J connectivity index is 2.69. The maximum Gasteiger partial charge on any atom is 0.152 e. The monoisotopic (exact) mass is 251 g/mol. The second kappa shape index (κ2) is 3.73. The lowest BCUT2D eigenvalue weighted by Gasteiger charge is -2.45. The Morgan fingerprint density at radius 1 is 1.18 bits per heavy atom. The minimum atomic E-state index is -0.950. The Morgan fingerprint density at radius 3 is 2.41 bits per heavy atom. The third-order valence-corrected chi connectivity index (χ3v) is 7.91. The van der Waals surface area contributed by atoms with Crippen molar-refractivity contribution >= 4 is 21.2 Å². The molecule has 2 rings (SSSR count). The molecule has 0 spiro atoms. The standard InChI is InChI=1S/C13H21N3S/c1-10-11-7-8-16(12(11)15-9-14-10)17(5,6)13(2,3)4/h7-9H,1-6H3. The van der Waals surface area contributed by atoms with E-state index in [0.29, 0.717) is 0 Å². The summed E-state index contributed by atoms with van der Waals surface area (Å²) in [6, 6.07) is 2.13. The molecule has 0 bridgehead atoms. The molecule has 0 unspecified atom stereocenters. The lowest BCUT2D eigenvalue weighted by Crippen LogP contribution is -2.28. The quantitative estimate of drug-likeness (QED) is 0.778. The number of rotatable bonds is 1. The van der Waals surface area contributed by atoms with Crippen LogP contribution in [0.25, 0.3) is 11.0 Å². The van der Waals surface area contributed by atoms with Crippen LogP contribution in [0.4, 0.5) is 0 Å². The molecule has 0 atom stereocenters. The first-order chi connectivity index (χ1) is 7.75. The minimum absolute atomic E-state index is 0.248. The van der Waals surface area contributed by atoms with Crippen LogP contribution in [0.15, 0.2) is 18.6 Å². The zero-order chi connectivity index (χ0) is 12.8. The molecule has 2 heterocycles. The first-order valence-electron chi connectivity index (χ1n) is 5.77. The van der Waals surface area contributed by atoms with Crippen molar-refractivity contribution < 1.29 is 0 Å². The molecular formula is C13H21N3S. The molecule has 4 heteroatoms. The van der Waals surface area contributed by atoms with Gasteiger partial charge in [-0.2, -0.15) is 10.2 Å². The summed E-state index contributed by atoms with van der Waals surface area (Å²) < 4.78 is 2.59. The van der Waals surface area contributed by atoms with Gasteiger partial charge in [0.15, 0.2) is 5.65 Å².